The molecule has 0 fully saturated rings. The monoisotopic (exact) mass is 351 g/mol. The van der Waals surface area contributed by atoms with Crippen molar-refractivity contribution in [2.75, 3.05) is 13.7 Å². The normalized spacial score (nSPS) is 12.6. The van der Waals surface area contributed by atoms with E-state index in [-0.39, 0.29) is 12.2 Å². The minimum Gasteiger partial charge on any atom is -0.468 e. The maximum absolute atomic E-state index is 12.5. The third kappa shape index (κ3) is 4.46. The summed E-state index contributed by atoms with van der Waals surface area (Å²) in [5, 5.41) is 11.3. The van der Waals surface area contributed by atoms with Crippen LogP contribution in [0.4, 0.5) is 5.69 Å². The first-order valence-corrected chi connectivity index (χ1v) is 7.28. The molecule has 2 unspecified atom stereocenters. The predicted molar refractivity (Wildman–Crippen MR) is 83.7 cm³/mol. The zero-order chi connectivity index (χ0) is 19.1. The maximum atomic E-state index is 12.5. The standard InChI is InChI=1S/C16H17NO8/c1-4-25-16(21)14(19)13(12(9(2)18)15(20)24-3)10-7-5-6-8-11(10)17(22)23/h5-8,12-13H,4H2,1-3H3. The van der Waals surface area contributed by atoms with Crippen molar-refractivity contribution in [2.45, 2.75) is 19.8 Å². The maximum Gasteiger partial charge on any atom is 0.375 e. The van der Waals surface area contributed by atoms with E-state index in [1.54, 1.807) is 0 Å². The third-order valence-electron chi connectivity index (χ3n) is 3.45. The van der Waals surface area contributed by atoms with E-state index in [1.165, 1.54) is 25.1 Å². The second-order valence-corrected chi connectivity index (χ2v) is 4.99. The summed E-state index contributed by atoms with van der Waals surface area (Å²) in [5.41, 5.74) is -0.739. The molecule has 1 aromatic carbocycles. The molecule has 2 atom stereocenters. The van der Waals surface area contributed by atoms with Crippen LogP contribution in [0.3, 0.4) is 0 Å². The fourth-order valence-corrected chi connectivity index (χ4v) is 2.38. The fourth-order valence-electron chi connectivity index (χ4n) is 2.38. The van der Waals surface area contributed by atoms with Crippen molar-refractivity contribution in [3.63, 3.8) is 0 Å². The number of ether oxygens (including phenoxy) is 2. The second-order valence-electron chi connectivity index (χ2n) is 4.99. The number of hydrogen-bond donors (Lipinski definition) is 0. The van der Waals surface area contributed by atoms with Crippen LogP contribution in [-0.4, -0.2) is 42.1 Å². The van der Waals surface area contributed by atoms with E-state index in [9.17, 15) is 29.3 Å². The number of esters is 2. The number of carbonyl (C=O) groups excluding carboxylic acids is 4. The van der Waals surface area contributed by atoms with Gasteiger partial charge >= 0.3 is 11.9 Å². The zero-order valence-corrected chi connectivity index (χ0v) is 13.9. The highest BCUT2D eigenvalue weighted by molar-refractivity contribution is 6.37. The number of benzene rings is 1. The first-order chi connectivity index (χ1) is 11.8. The Labute approximate surface area is 143 Å². The van der Waals surface area contributed by atoms with Crippen LogP contribution >= 0.6 is 0 Å². The van der Waals surface area contributed by atoms with Crippen molar-refractivity contribution in [1.29, 1.82) is 0 Å². The van der Waals surface area contributed by atoms with Crippen molar-refractivity contribution in [1.82, 2.24) is 0 Å². The van der Waals surface area contributed by atoms with Crippen molar-refractivity contribution in [3.8, 4) is 0 Å². The highest BCUT2D eigenvalue weighted by atomic mass is 16.6. The summed E-state index contributed by atoms with van der Waals surface area (Å²) in [6.07, 6.45) is 0. The largest absolute Gasteiger partial charge is 0.468 e. The minimum atomic E-state index is -1.72. The van der Waals surface area contributed by atoms with E-state index < -0.39 is 46.0 Å². The van der Waals surface area contributed by atoms with Crippen LogP contribution < -0.4 is 0 Å². The molecule has 1 aromatic rings. The Morgan fingerprint density at radius 3 is 2.28 bits per heavy atom. The molecule has 0 aliphatic carbocycles. The van der Waals surface area contributed by atoms with Crippen LogP contribution in [0.2, 0.25) is 0 Å². The van der Waals surface area contributed by atoms with Crippen LogP contribution in [-0.2, 0) is 28.7 Å². The Hall–Kier alpha value is -3.10. The second kappa shape index (κ2) is 8.67. The van der Waals surface area contributed by atoms with E-state index in [1.807, 2.05) is 0 Å². The molecule has 0 saturated heterocycles. The number of ketones is 2. The molecular formula is C16H17NO8. The Kier molecular flexibility index (Phi) is 6.92. The van der Waals surface area contributed by atoms with E-state index in [2.05, 4.69) is 9.47 Å². The van der Waals surface area contributed by atoms with Gasteiger partial charge in [-0.25, -0.2) is 4.79 Å². The molecule has 0 spiro atoms. The number of Topliss-reactive ketones (excluding diaryl/α,β-unsaturated/α-hetero) is 2. The van der Waals surface area contributed by atoms with Crippen molar-refractivity contribution in [3.05, 3.63) is 39.9 Å². The van der Waals surface area contributed by atoms with Gasteiger partial charge in [0, 0.05) is 11.6 Å². The molecule has 0 saturated carbocycles. The van der Waals surface area contributed by atoms with Gasteiger partial charge in [-0.2, -0.15) is 0 Å². The van der Waals surface area contributed by atoms with Gasteiger partial charge in [0.1, 0.15) is 11.7 Å². The summed E-state index contributed by atoms with van der Waals surface area (Å²) < 4.78 is 9.16. The molecule has 0 aliphatic rings. The van der Waals surface area contributed by atoms with Gasteiger partial charge in [-0.1, -0.05) is 18.2 Å². The average Bonchev–Trinajstić information content (AvgIpc) is 2.58. The molecule has 9 heteroatoms. The minimum absolute atomic E-state index is 0.114. The third-order valence-corrected chi connectivity index (χ3v) is 3.45. The lowest BCUT2D eigenvalue weighted by atomic mass is 9.80. The highest BCUT2D eigenvalue weighted by Crippen LogP contribution is 2.34. The molecule has 0 amide bonds. The molecule has 0 N–H and O–H groups in total. The number of hydrogen-bond acceptors (Lipinski definition) is 8. The topological polar surface area (TPSA) is 130 Å². The molecule has 0 aliphatic heterocycles. The number of rotatable bonds is 8. The van der Waals surface area contributed by atoms with Gasteiger partial charge in [-0.05, 0) is 13.8 Å². The van der Waals surface area contributed by atoms with E-state index in [4.69, 9.17) is 0 Å². The highest BCUT2D eigenvalue weighted by Gasteiger charge is 2.44. The summed E-state index contributed by atoms with van der Waals surface area (Å²) in [7, 11) is 1.00. The molecule has 1 rings (SSSR count). The molecule has 25 heavy (non-hydrogen) atoms. The van der Waals surface area contributed by atoms with Crippen LogP contribution in [0.25, 0.3) is 0 Å². The average molecular weight is 351 g/mol. The number of carbonyl (C=O) groups is 4. The van der Waals surface area contributed by atoms with Gasteiger partial charge in [0.05, 0.1) is 24.6 Å². The van der Waals surface area contributed by atoms with Crippen LogP contribution in [0.5, 0.6) is 0 Å². The van der Waals surface area contributed by atoms with E-state index >= 15 is 0 Å². The van der Waals surface area contributed by atoms with Gasteiger partial charge in [0.2, 0.25) is 5.78 Å². The molecule has 0 aromatic heterocycles. The van der Waals surface area contributed by atoms with Crippen molar-refractivity contribution < 1.29 is 33.6 Å². The molecule has 0 bridgehead atoms. The fraction of sp³-hybridized carbons (Fsp3) is 0.375. The zero-order valence-electron chi connectivity index (χ0n) is 13.9. The van der Waals surface area contributed by atoms with Crippen LogP contribution in [0.15, 0.2) is 24.3 Å². The Bertz CT molecular complexity index is 712. The summed E-state index contributed by atoms with van der Waals surface area (Å²) in [4.78, 5) is 58.8. The number of methoxy groups -OCH3 is 1. The molecule has 0 heterocycles. The predicted octanol–water partition coefficient (Wildman–Crippen LogP) is 1.19. The molecular weight excluding hydrogens is 334 g/mol. The van der Waals surface area contributed by atoms with Gasteiger partial charge in [-0.15, -0.1) is 0 Å². The first kappa shape index (κ1) is 19.9. The Balaban J connectivity index is 3.61. The number of para-hydroxylation sites is 1. The summed E-state index contributed by atoms with van der Waals surface area (Å²) >= 11 is 0. The quantitative estimate of drug-likeness (QED) is 0.224. The lowest BCUT2D eigenvalue weighted by Gasteiger charge is -2.21. The van der Waals surface area contributed by atoms with E-state index in [0.29, 0.717) is 0 Å². The lowest BCUT2D eigenvalue weighted by molar-refractivity contribution is -0.385. The lowest BCUT2D eigenvalue weighted by Crippen LogP contribution is -2.38. The Morgan fingerprint density at radius 2 is 1.80 bits per heavy atom. The van der Waals surface area contributed by atoms with Gasteiger partial charge in [0.25, 0.3) is 5.69 Å². The number of nitro groups is 1. The van der Waals surface area contributed by atoms with Gasteiger partial charge in [0.15, 0.2) is 0 Å². The van der Waals surface area contributed by atoms with Gasteiger partial charge in [-0.3, -0.25) is 24.5 Å². The Morgan fingerprint density at radius 1 is 1.20 bits per heavy atom. The summed E-state index contributed by atoms with van der Waals surface area (Å²) in [6.45, 7) is 2.38. The SMILES string of the molecule is CCOC(=O)C(=O)C(c1ccccc1[N+](=O)[O-])C(C(C)=O)C(=O)OC. The molecule has 0 radical (unpaired) electrons. The first-order valence-electron chi connectivity index (χ1n) is 7.28. The summed E-state index contributed by atoms with van der Waals surface area (Å²) in [6, 6.07) is 5.06. The van der Waals surface area contributed by atoms with Crippen LogP contribution in [0.1, 0.15) is 25.3 Å². The molecule has 9 nitrogen and oxygen atoms in total. The van der Waals surface area contributed by atoms with Crippen molar-refractivity contribution in [2.24, 2.45) is 5.92 Å². The smallest absolute Gasteiger partial charge is 0.375 e. The van der Waals surface area contributed by atoms with Crippen molar-refractivity contribution >= 4 is 29.2 Å². The van der Waals surface area contributed by atoms with E-state index in [0.717, 1.165) is 20.1 Å². The number of nitrogens with zero attached hydrogens (tertiary/aromatic N) is 1. The molecule has 134 valence electrons. The summed E-state index contributed by atoms with van der Waals surface area (Å²) in [5.74, 6) is -7.79. The van der Waals surface area contributed by atoms with Crippen LogP contribution in [0, 0.1) is 16.0 Å². The number of nitro benzene ring substituents is 1. The van der Waals surface area contributed by atoms with Gasteiger partial charge < -0.3 is 9.47 Å².